The van der Waals surface area contributed by atoms with Crippen molar-refractivity contribution in [3.05, 3.63) is 23.8 Å². The van der Waals surface area contributed by atoms with E-state index >= 15 is 0 Å². The van der Waals surface area contributed by atoms with Crippen molar-refractivity contribution in [3.63, 3.8) is 0 Å². The Balaban J connectivity index is 2.07. The summed E-state index contributed by atoms with van der Waals surface area (Å²) < 4.78 is 10.6. The van der Waals surface area contributed by atoms with Gasteiger partial charge in [-0.15, -0.1) is 6.42 Å². The predicted molar refractivity (Wildman–Crippen MR) is 83.1 cm³/mol. The van der Waals surface area contributed by atoms with Crippen molar-refractivity contribution in [3.8, 4) is 23.8 Å². The molecule has 1 aromatic rings. The fraction of sp³-hybridized carbons (Fsp3) is 0.471. The zero-order chi connectivity index (χ0) is 15.9. The number of nitrogens with one attached hydrogen (secondary N) is 1. The third-order valence-corrected chi connectivity index (χ3v) is 3.78. The van der Waals surface area contributed by atoms with Gasteiger partial charge in [-0.1, -0.05) is 18.8 Å². The first-order chi connectivity index (χ1) is 10.7. The number of terminal acetylenes is 1. The van der Waals surface area contributed by atoms with Crippen molar-refractivity contribution in [2.45, 2.75) is 37.8 Å². The molecule has 1 fully saturated rings. The normalized spacial score (nSPS) is 20.8. The Morgan fingerprint density at radius 3 is 2.86 bits per heavy atom. The lowest BCUT2D eigenvalue weighted by molar-refractivity contribution is 0.0717. The number of aliphatic hydroxyl groups excluding tert-OH is 1. The highest BCUT2D eigenvalue weighted by molar-refractivity contribution is 5.95. The van der Waals surface area contributed by atoms with Crippen molar-refractivity contribution in [2.75, 3.05) is 13.7 Å². The Hall–Kier alpha value is -2.19. The van der Waals surface area contributed by atoms with Crippen LogP contribution >= 0.6 is 0 Å². The molecule has 0 bridgehead atoms. The van der Waals surface area contributed by atoms with Crippen molar-refractivity contribution < 1.29 is 19.4 Å². The number of hydrogen-bond donors (Lipinski definition) is 2. The summed E-state index contributed by atoms with van der Waals surface area (Å²) in [6, 6.07) is 4.72. The Morgan fingerprint density at radius 1 is 1.41 bits per heavy atom. The molecule has 1 amide bonds. The highest BCUT2D eigenvalue weighted by atomic mass is 16.5. The molecule has 0 aromatic heterocycles. The molecule has 5 heteroatoms. The Labute approximate surface area is 130 Å². The van der Waals surface area contributed by atoms with Gasteiger partial charge < -0.3 is 19.9 Å². The van der Waals surface area contributed by atoms with Gasteiger partial charge in [0.25, 0.3) is 5.91 Å². The zero-order valence-electron chi connectivity index (χ0n) is 12.7. The van der Waals surface area contributed by atoms with Gasteiger partial charge in [0.2, 0.25) is 0 Å². The monoisotopic (exact) mass is 303 g/mol. The van der Waals surface area contributed by atoms with Crippen LogP contribution in [0.15, 0.2) is 18.2 Å². The minimum absolute atomic E-state index is 0.135. The fourth-order valence-electron chi connectivity index (χ4n) is 2.58. The number of carbonyl (C=O) groups excluding carboxylic acids is 1. The molecule has 0 spiro atoms. The smallest absolute Gasteiger partial charge is 0.251 e. The molecule has 2 rings (SSSR count). The average molecular weight is 303 g/mol. The van der Waals surface area contributed by atoms with E-state index in [0.29, 0.717) is 17.1 Å². The van der Waals surface area contributed by atoms with E-state index in [1.54, 1.807) is 18.2 Å². The summed E-state index contributed by atoms with van der Waals surface area (Å²) in [4.78, 5) is 12.3. The Morgan fingerprint density at radius 2 is 2.18 bits per heavy atom. The molecule has 5 nitrogen and oxygen atoms in total. The Bertz CT molecular complexity index is 564. The van der Waals surface area contributed by atoms with E-state index in [1.165, 1.54) is 7.11 Å². The van der Waals surface area contributed by atoms with Crippen LogP contribution in [-0.2, 0) is 0 Å². The van der Waals surface area contributed by atoms with E-state index in [2.05, 4.69) is 11.2 Å². The largest absolute Gasteiger partial charge is 0.493 e. The van der Waals surface area contributed by atoms with Crippen molar-refractivity contribution in [1.29, 1.82) is 0 Å². The van der Waals surface area contributed by atoms with E-state index in [9.17, 15) is 9.90 Å². The molecule has 2 atom stereocenters. The molecule has 118 valence electrons. The van der Waals surface area contributed by atoms with Crippen LogP contribution in [0, 0.1) is 12.3 Å². The second-order valence-electron chi connectivity index (χ2n) is 5.29. The number of aliphatic hydroxyl groups is 1. The Kier molecular flexibility index (Phi) is 5.68. The van der Waals surface area contributed by atoms with Gasteiger partial charge in [-0.25, -0.2) is 0 Å². The highest BCUT2D eigenvalue weighted by Crippen LogP contribution is 2.28. The lowest BCUT2D eigenvalue weighted by Crippen LogP contribution is -2.45. The van der Waals surface area contributed by atoms with E-state index in [1.807, 2.05) is 0 Å². The first-order valence-electron chi connectivity index (χ1n) is 7.39. The number of carbonyl (C=O) groups is 1. The molecule has 0 radical (unpaired) electrons. The summed E-state index contributed by atoms with van der Waals surface area (Å²) in [5.41, 5.74) is 0.461. The van der Waals surface area contributed by atoms with Gasteiger partial charge in [-0.05, 0) is 31.0 Å². The van der Waals surface area contributed by atoms with Gasteiger partial charge in [0.05, 0.1) is 19.3 Å². The molecule has 0 saturated heterocycles. The van der Waals surface area contributed by atoms with Gasteiger partial charge in [0, 0.05) is 5.56 Å². The van der Waals surface area contributed by atoms with Crippen LogP contribution in [0.2, 0.25) is 0 Å². The fourth-order valence-corrected chi connectivity index (χ4v) is 2.58. The topological polar surface area (TPSA) is 67.8 Å². The molecule has 0 unspecified atom stereocenters. The van der Waals surface area contributed by atoms with Gasteiger partial charge in [0.1, 0.15) is 6.61 Å². The lowest BCUT2D eigenvalue weighted by Gasteiger charge is -2.28. The number of amides is 1. The van der Waals surface area contributed by atoms with Gasteiger partial charge in [0.15, 0.2) is 11.5 Å². The number of rotatable bonds is 5. The highest BCUT2D eigenvalue weighted by Gasteiger charge is 2.25. The predicted octanol–water partition coefficient (Wildman–Crippen LogP) is 1.74. The molecule has 1 aromatic carbocycles. The maximum atomic E-state index is 12.3. The number of ether oxygens (including phenoxy) is 2. The third-order valence-electron chi connectivity index (χ3n) is 3.78. The van der Waals surface area contributed by atoms with Gasteiger partial charge in [-0.2, -0.15) is 0 Å². The molecule has 1 aliphatic carbocycles. The summed E-state index contributed by atoms with van der Waals surface area (Å²) in [5, 5.41) is 12.8. The van der Waals surface area contributed by atoms with Crippen LogP contribution in [0.4, 0.5) is 0 Å². The van der Waals surface area contributed by atoms with Crippen LogP contribution in [0.1, 0.15) is 36.0 Å². The van der Waals surface area contributed by atoms with E-state index in [-0.39, 0.29) is 18.6 Å². The molecule has 1 saturated carbocycles. The van der Waals surface area contributed by atoms with E-state index < -0.39 is 6.10 Å². The summed E-state index contributed by atoms with van der Waals surface area (Å²) in [6.45, 7) is 0.135. The van der Waals surface area contributed by atoms with Gasteiger partial charge >= 0.3 is 0 Å². The summed E-state index contributed by atoms with van der Waals surface area (Å²) in [5.74, 6) is 3.10. The van der Waals surface area contributed by atoms with Crippen LogP contribution in [0.3, 0.4) is 0 Å². The quantitative estimate of drug-likeness (QED) is 0.813. The maximum Gasteiger partial charge on any atom is 0.251 e. The van der Waals surface area contributed by atoms with E-state index in [4.69, 9.17) is 15.9 Å². The average Bonchev–Trinajstić information content (AvgIpc) is 2.54. The van der Waals surface area contributed by atoms with Crippen LogP contribution < -0.4 is 14.8 Å². The van der Waals surface area contributed by atoms with Crippen molar-refractivity contribution >= 4 is 5.91 Å². The second kappa shape index (κ2) is 7.71. The van der Waals surface area contributed by atoms with Crippen LogP contribution in [0.25, 0.3) is 0 Å². The summed E-state index contributed by atoms with van der Waals surface area (Å²) in [6.07, 6.45) is 8.23. The standard InChI is InChI=1S/C17H21NO4/c1-3-10-22-15-9-8-12(11-16(15)21-2)17(20)18-13-6-4-5-7-14(13)19/h1,8-9,11,13-14,19H,4-7,10H2,2H3,(H,18,20)/t13-,14-/m1/s1. The third kappa shape index (κ3) is 3.92. The number of hydrogen-bond acceptors (Lipinski definition) is 4. The molecule has 22 heavy (non-hydrogen) atoms. The summed E-state index contributed by atoms with van der Waals surface area (Å²) in [7, 11) is 1.50. The summed E-state index contributed by atoms with van der Waals surface area (Å²) >= 11 is 0. The lowest BCUT2D eigenvalue weighted by atomic mass is 9.92. The zero-order valence-corrected chi connectivity index (χ0v) is 12.7. The second-order valence-corrected chi connectivity index (χ2v) is 5.29. The first-order valence-corrected chi connectivity index (χ1v) is 7.39. The molecular formula is C17H21NO4. The maximum absolute atomic E-state index is 12.3. The minimum Gasteiger partial charge on any atom is -0.493 e. The SMILES string of the molecule is C#CCOc1ccc(C(=O)N[C@@H]2CCCC[C@H]2O)cc1OC. The number of benzene rings is 1. The molecule has 1 aliphatic rings. The van der Waals surface area contributed by atoms with Crippen LogP contribution in [-0.4, -0.2) is 36.9 Å². The van der Waals surface area contributed by atoms with Crippen LogP contribution in [0.5, 0.6) is 11.5 Å². The minimum atomic E-state index is -0.474. The first kappa shape index (κ1) is 16.2. The molecular weight excluding hydrogens is 282 g/mol. The molecule has 0 aliphatic heterocycles. The van der Waals surface area contributed by atoms with E-state index in [0.717, 1.165) is 25.7 Å². The number of methoxy groups -OCH3 is 1. The van der Waals surface area contributed by atoms with Gasteiger partial charge in [-0.3, -0.25) is 4.79 Å². The van der Waals surface area contributed by atoms with Crippen molar-refractivity contribution in [2.24, 2.45) is 0 Å². The molecule has 0 heterocycles. The molecule has 2 N–H and O–H groups in total. The van der Waals surface area contributed by atoms with Crippen molar-refractivity contribution in [1.82, 2.24) is 5.32 Å².